The number of rotatable bonds is 6. The zero-order chi connectivity index (χ0) is 14.7. The molecule has 2 nitrogen and oxygen atoms in total. The van der Waals surface area contributed by atoms with Gasteiger partial charge in [-0.1, -0.05) is 12.1 Å². The first-order chi connectivity index (χ1) is 8.59. The Morgan fingerprint density at radius 1 is 0.947 bits per heavy atom. The molecule has 0 aromatic heterocycles. The highest BCUT2D eigenvalue weighted by Gasteiger charge is 2.29. The van der Waals surface area contributed by atoms with Crippen LogP contribution in [-0.4, -0.2) is 30.7 Å². The molecule has 19 heavy (non-hydrogen) atoms. The molecule has 0 radical (unpaired) electrons. The second-order valence-electron chi connectivity index (χ2n) is 7.04. The fourth-order valence-corrected chi connectivity index (χ4v) is 10.2. The first-order valence-electron chi connectivity index (χ1n) is 7.05. The third-order valence-corrected chi connectivity index (χ3v) is 9.16. The van der Waals surface area contributed by atoms with E-state index < -0.39 is 16.6 Å². The quantitative estimate of drug-likeness (QED) is 0.723. The van der Waals surface area contributed by atoms with Crippen LogP contribution in [0.15, 0.2) is 24.3 Å². The predicted octanol–water partition coefficient (Wildman–Crippen LogP) is 4.35. The van der Waals surface area contributed by atoms with Crippen molar-refractivity contribution in [1.82, 2.24) is 0 Å². The zero-order valence-corrected chi connectivity index (χ0v) is 15.6. The highest BCUT2D eigenvalue weighted by atomic mass is 28.4. The van der Waals surface area contributed by atoms with Crippen molar-refractivity contribution in [2.45, 2.75) is 45.2 Å². The minimum absolute atomic E-state index is 1.14. The maximum atomic E-state index is 6.38. The van der Waals surface area contributed by atoms with Crippen LogP contribution in [0.1, 0.15) is 5.56 Å². The van der Waals surface area contributed by atoms with Crippen molar-refractivity contribution >= 4 is 22.3 Å². The molecule has 0 heterocycles. The Labute approximate surface area is 121 Å². The van der Waals surface area contributed by atoms with E-state index >= 15 is 0 Å². The van der Waals surface area contributed by atoms with E-state index in [1.165, 1.54) is 17.3 Å². The van der Waals surface area contributed by atoms with Gasteiger partial charge in [0.15, 0.2) is 16.6 Å². The highest BCUT2D eigenvalue weighted by molar-refractivity contribution is 6.84. The summed E-state index contributed by atoms with van der Waals surface area (Å²) in [5.74, 6) is 0. The van der Waals surface area contributed by atoms with E-state index in [0.29, 0.717) is 0 Å². The Kier molecular flexibility index (Phi) is 5.41. The first-order valence-corrected chi connectivity index (χ1v) is 13.6. The average Bonchev–Trinajstić information content (AvgIpc) is 2.24. The lowest BCUT2D eigenvalue weighted by molar-refractivity contribution is 0.547. The van der Waals surface area contributed by atoms with Crippen LogP contribution < -0.4 is 4.90 Å². The van der Waals surface area contributed by atoms with E-state index in [1.54, 1.807) is 0 Å². The average molecular weight is 296 g/mol. The van der Waals surface area contributed by atoms with Crippen LogP contribution in [-0.2, 0) is 10.5 Å². The summed E-state index contributed by atoms with van der Waals surface area (Å²) < 4.78 is 6.38. The molecule has 0 aliphatic heterocycles. The van der Waals surface area contributed by atoms with Gasteiger partial charge in [0.05, 0.1) is 0 Å². The van der Waals surface area contributed by atoms with Crippen LogP contribution in [0.5, 0.6) is 0 Å². The molecule has 1 rings (SSSR count). The topological polar surface area (TPSA) is 12.5 Å². The monoisotopic (exact) mass is 295 g/mol. The molecule has 0 atom stereocenters. The van der Waals surface area contributed by atoms with Crippen molar-refractivity contribution in [2.24, 2.45) is 0 Å². The van der Waals surface area contributed by atoms with Gasteiger partial charge in [0.2, 0.25) is 0 Å². The van der Waals surface area contributed by atoms with Crippen molar-refractivity contribution in [2.75, 3.05) is 19.0 Å². The van der Waals surface area contributed by atoms with Gasteiger partial charge in [0.1, 0.15) is 0 Å². The van der Waals surface area contributed by atoms with E-state index in [0.717, 1.165) is 6.42 Å². The lowest BCUT2D eigenvalue weighted by Crippen LogP contribution is -2.42. The van der Waals surface area contributed by atoms with E-state index in [1.807, 2.05) is 0 Å². The van der Waals surface area contributed by atoms with Gasteiger partial charge < -0.3 is 9.02 Å². The molecular formula is C15H29NOSi2. The van der Waals surface area contributed by atoms with Crippen molar-refractivity contribution in [3.63, 3.8) is 0 Å². The molecule has 0 saturated heterocycles. The highest BCUT2D eigenvalue weighted by Crippen LogP contribution is 2.21. The van der Waals surface area contributed by atoms with E-state index in [9.17, 15) is 0 Å². The van der Waals surface area contributed by atoms with Gasteiger partial charge in [-0.25, -0.2) is 0 Å². The molecule has 0 fully saturated rings. The van der Waals surface area contributed by atoms with Gasteiger partial charge in [-0.2, -0.15) is 0 Å². The molecule has 4 heteroatoms. The maximum absolute atomic E-state index is 6.38. The number of anilines is 1. The minimum atomic E-state index is -1.51. The second-order valence-corrected chi connectivity index (χ2v) is 16.1. The van der Waals surface area contributed by atoms with Gasteiger partial charge in [0, 0.05) is 19.8 Å². The fourth-order valence-electron chi connectivity index (χ4n) is 2.29. The Morgan fingerprint density at radius 2 is 1.47 bits per heavy atom. The van der Waals surface area contributed by atoms with E-state index in [4.69, 9.17) is 4.12 Å². The van der Waals surface area contributed by atoms with Crippen LogP contribution >= 0.6 is 0 Å². The van der Waals surface area contributed by atoms with Crippen LogP contribution in [0.2, 0.25) is 38.8 Å². The van der Waals surface area contributed by atoms with Crippen molar-refractivity contribution in [1.29, 1.82) is 0 Å². The van der Waals surface area contributed by atoms with Crippen LogP contribution in [0.25, 0.3) is 0 Å². The van der Waals surface area contributed by atoms with Crippen LogP contribution in [0.3, 0.4) is 0 Å². The summed E-state index contributed by atoms with van der Waals surface area (Å²) in [5, 5.41) is 0. The number of nitrogens with zero attached hydrogens (tertiary/aromatic N) is 1. The number of hydrogen-bond acceptors (Lipinski definition) is 2. The van der Waals surface area contributed by atoms with E-state index in [-0.39, 0.29) is 0 Å². The Morgan fingerprint density at radius 3 is 1.89 bits per heavy atom. The molecule has 0 bridgehead atoms. The molecule has 1 aromatic rings. The molecule has 0 saturated carbocycles. The molecule has 0 aliphatic carbocycles. The third-order valence-electron chi connectivity index (χ3n) is 3.05. The van der Waals surface area contributed by atoms with Gasteiger partial charge in [0.25, 0.3) is 0 Å². The lowest BCUT2D eigenvalue weighted by Gasteiger charge is -2.31. The lowest BCUT2D eigenvalue weighted by atomic mass is 10.1. The largest absolute Gasteiger partial charge is 0.456 e. The van der Waals surface area contributed by atoms with Gasteiger partial charge in [-0.15, -0.1) is 0 Å². The van der Waals surface area contributed by atoms with Gasteiger partial charge in [-0.3, -0.25) is 0 Å². The molecule has 108 valence electrons. The van der Waals surface area contributed by atoms with Crippen molar-refractivity contribution in [3.8, 4) is 0 Å². The SMILES string of the molecule is CN(C)c1ccc(CC[Si](C)(C)O[Si](C)(C)C)cc1. The molecule has 0 unspecified atom stereocenters. The molecular weight excluding hydrogens is 266 g/mol. The Bertz CT molecular complexity index is 394. The van der Waals surface area contributed by atoms with Gasteiger partial charge in [-0.05, 0) is 62.9 Å². The summed E-state index contributed by atoms with van der Waals surface area (Å²) in [5.41, 5.74) is 2.68. The molecule has 1 aromatic carbocycles. The van der Waals surface area contributed by atoms with Crippen LogP contribution in [0.4, 0.5) is 5.69 Å². The molecule has 0 N–H and O–H groups in total. The predicted molar refractivity (Wildman–Crippen MR) is 91.2 cm³/mol. The zero-order valence-electron chi connectivity index (χ0n) is 13.6. The summed E-state index contributed by atoms with van der Waals surface area (Å²) in [4.78, 5) is 2.14. The van der Waals surface area contributed by atoms with Crippen molar-refractivity contribution in [3.05, 3.63) is 29.8 Å². The number of hydrogen-bond donors (Lipinski definition) is 0. The summed E-state index contributed by atoms with van der Waals surface area (Å²) in [6, 6.07) is 10.1. The standard InChI is InChI=1S/C15H29NOSi2/c1-16(2)15-10-8-14(9-11-15)12-13-19(6,7)17-18(3,4)5/h8-11H,12-13H2,1-7H3. The third kappa shape index (κ3) is 6.41. The summed E-state index contributed by atoms with van der Waals surface area (Å²) in [7, 11) is 1.25. The fraction of sp³-hybridized carbons (Fsp3) is 0.600. The summed E-state index contributed by atoms with van der Waals surface area (Å²) in [6.45, 7) is 11.5. The minimum Gasteiger partial charge on any atom is -0.456 e. The summed E-state index contributed by atoms with van der Waals surface area (Å²) in [6.07, 6.45) is 1.14. The number of benzene rings is 1. The molecule has 0 aliphatic rings. The molecule has 0 amide bonds. The van der Waals surface area contributed by atoms with Crippen molar-refractivity contribution < 1.29 is 4.12 Å². The van der Waals surface area contributed by atoms with Gasteiger partial charge >= 0.3 is 0 Å². The first kappa shape index (κ1) is 16.5. The second kappa shape index (κ2) is 6.24. The molecule has 0 spiro atoms. The Balaban J connectivity index is 2.56. The smallest absolute Gasteiger partial charge is 0.173 e. The summed E-state index contributed by atoms with van der Waals surface area (Å²) >= 11 is 0. The Hall–Kier alpha value is -0.586. The number of aryl methyl sites for hydroxylation is 1. The van der Waals surface area contributed by atoms with E-state index in [2.05, 4.69) is 76.0 Å². The van der Waals surface area contributed by atoms with Crippen LogP contribution in [0, 0.1) is 0 Å². The normalized spacial score (nSPS) is 12.6. The maximum Gasteiger partial charge on any atom is 0.173 e.